The maximum absolute atomic E-state index is 14.4. The highest BCUT2D eigenvalue weighted by molar-refractivity contribution is 6.12. The molecule has 7 aromatic rings. The molecule has 0 aliphatic heterocycles. The van der Waals surface area contributed by atoms with E-state index in [9.17, 15) is 44.1 Å². The second-order valence-electron chi connectivity index (χ2n) is 21.2. The lowest BCUT2D eigenvalue weighted by molar-refractivity contribution is 0.0738. The summed E-state index contributed by atoms with van der Waals surface area (Å²) in [4.78, 5) is 84.4. The van der Waals surface area contributed by atoms with Crippen molar-refractivity contribution in [3.05, 3.63) is 216 Å². The summed E-state index contributed by atoms with van der Waals surface area (Å²) in [7, 11) is 0. The lowest BCUT2D eigenvalue weighted by Gasteiger charge is -2.20. The largest absolute Gasteiger partial charge is 0.494 e. The number of aromatic nitrogens is 3. The third-order valence-corrected chi connectivity index (χ3v) is 14.3. The Kier molecular flexibility index (Phi) is 25.1. The van der Waals surface area contributed by atoms with E-state index in [1.807, 2.05) is 0 Å². The first-order valence-corrected chi connectivity index (χ1v) is 29.6. The quantitative estimate of drug-likeness (QED) is 0.0244. The van der Waals surface area contributed by atoms with Gasteiger partial charge in [0.1, 0.15) is 66.9 Å². The summed E-state index contributed by atoms with van der Waals surface area (Å²) in [6.45, 7) is 3.31. The van der Waals surface area contributed by atoms with Crippen molar-refractivity contribution < 1.29 is 53.4 Å². The second kappa shape index (κ2) is 33.2. The van der Waals surface area contributed by atoms with E-state index in [4.69, 9.17) is 23.7 Å². The standard InChI is InChI=1S/C68H79N3O14/c1-4-6-8-10-12-22-38-81-55-33-31-51(32-34-55)65(77)57-28-20-21-29-60(57)83-45-52(72)42-69-66(78)70(43-53(73)46-84-61-40-48(3)30-36-58(61)63(75)49-24-16-14-17-25-49)68(80)71(67(69)79)44-54(74)47-85-62-41-56(82-39-23-13-11-9-7-5-2)35-37-59(62)64(76)50-26-18-15-19-27-50/h14-21,24-37,40-41,52-54,72-74H,4-13,22-23,38-39,42-47H2,1-3H3. The molecule has 0 bridgehead atoms. The van der Waals surface area contributed by atoms with E-state index in [-0.39, 0.29) is 51.3 Å². The number of rotatable bonds is 37. The van der Waals surface area contributed by atoms with Crippen molar-refractivity contribution in [1.29, 1.82) is 0 Å². The van der Waals surface area contributed by atoms with Crippen LogP contribution in [-0.4, -0.2) is 97.7 Å². The molecular weight excluding hydrogens is 1080 g/mol. The molecule has 0 radical (unpaired) electrons. The average Bonchev–Trinajstić information content (AvgIpc) is 3.72. The summed E-state index contributed by atoms with van der Waals surface area (Å²) < 4.78 is 31.8. The Morgan fingerprint density at radius 3 is 1.24 bits per heavy atom. The van der Waals surface area contributed by atoms with Crippen LogP contribution in [0.15, 0.2) is 160 Å². The molecule has 85 heavy (non-hydrogen) atoms. The normalized spacial score (nSPS) is 12.3. The topological polar surface area (TPSA) is 224 Å². The minimum Gasteiger partial charge on any atom is -0.494 e. The molecule has 0 amide bonds. The molecule has 0 saturated carbocycles. The first kappa shape index (κ1) is 64.2. The van der Waals surface area contributed by atoms with Crippen molar-refractivity contribution in [2.45, 2.75) is 136 Å². The third-order valence-electron chi connectivity index (χ3n) is 14.3. The van der Waals surface area contributed by atoms with E-state index in [1.54, 1.807) is 153 Å². The average molecular weight is 1160 g/mol. The van der Waals surface area contributed by atoms with Gasteiger partial charge >= 0.3 is 17.1 Å². The van der Waals surface area contributed by atoms with Gasteiger partial charge in [-0.15, -0.1) is 0 Å². The second-order valence-corrected chi connectivity index (χ2v) is 21.2. The Balaban J connectivity index is 1.10. The summed E-state index contributed by atoms with van der Waals surface area (Å²) in [6, 6.07) is 40.0. The van der Waals surface area contributed by atoms with Crippen molar-refractivity contribution in [3.8, 4) is 28.7 Å². The zero-order valence-electron chi connectivity index (χ0n) is 48.9. The van der Waals surface area contributed by atoms with Crippen LogP contribution in [0.3, 0.4) is 0 Å². The van der Waals surface area contributed by atoms with Crippen LogP contribution in [-0.2, 0) is 19.6 Å². The number of aryl methyl sites for hydroxylation is 1. The number of hydrogen-bond acceptors (Lipinski definition) is 14. The van der Waals surface area contributed by atoms with Crippen molar-refractivity contribution in [1.82, 2.24) is 13.7 Å². The molecule has 17 nitrogen and oxygen atoms in total. The van der Waals surface area contributed by atoms with Crippen molar-refractivity contribution >= 4 is 17.3 Å². The number of ketones is 3. The van der Waals surface area contributed by atoms with Gasteiger partial charge in [-0.05, 0) is 86.0 Å². The molecule has 3 unspecified atom stereocenters. The minimum atomic E-state index is -1.62. The van der Waals surface area contributed by atoms with Crippen LogP contribution in [0.1, 0.15) is 144 Å². The molecule has 0 saturated heterocycles. The van der Waals surface area contributed by atoms with Crippen LogP contribution in [0.4, 0.5) is 0 Å². The lowest BCUT2D eigenvalue weighted by atomic mass is 10.0. The number of carbonyl (C=O) groups is 3. The van der Waals surface area contributed by atoms with E-state index in [1.165, 1.54) is 25.7 Å². The molecule has 7 rings (SSSR count). The molecule has 3 N–H and O–H groups in total. The Morgan fingerprint density at radius 2 is 0.753 bits per heavy atom. The summed E-state index contributed by atoms with van der Waals surface area (Å²) in [5.74, 6) is 0.307. The maximum Gasteiger partial charge on any atom is 0.336 e. The van der Waals surface area contributed by atoms with Crippen LogP contribution < -0.4 is 40.8 Å². The summed E-state index contributed by atoms with van der Waals surface area (Å²) >= 11 is 0. The van der Waals surface area contributed by atoms with Gasteiger partial charge < -0.3 is 39.0 Å². The molecule has 0 aliphatic carbocycles. The van der Waals surface area contributed by atoms with Gasteiger partial charge in [0.05, 0.1) is 49.5 Å². The molecule has 17 heteroatoms. The molecule has 1 heterocycles. The zero-order valence-corrected chi connectivity index (χ0v) is 48.9. The van der Waals surface area contributed by atoms with Gasteiger partial charge in [0.2, 0.25) is 0 Å². The highest BCUT2D eigenvalue weighted by atomic mass is 16.5. The highest BCUT2D eigenvalue weighted by Gasteiger charge is 2.25. The van der Waals surface area contributed by atoms with E-state index < -0.39 is 74.8 Å². The van der Waals surface area contributed by atoms with Crippen LogP contribution in [0.25, 0.3) is 0 Å². The minimum absolute atomic E-state index is 0.0708. The fourth-order valence-corrected chi connectivity index (χ4v) is 9.61. The van der Waals surface area contributed by atoms with Gasteiger partial charge in [0, 0.05) is 22.8 Å². The highest BCUT2D eigenvalue weighted by Crippen LogP contribution is 2.29. The van der Waals surface area contributed by atoms with Crippen LogP contribution in [0.2, 0.25) is 0 Å². The molecule has 1 aromatic heterocycles. The van der Waals surface area contributed by atoms with Gasteiger partial charge in [0.25, 0.3) is 0 Å². The fraction of sp³-hybridized carbons (Fsp3) is 0.382. The first-order chi connectivity index (χ1) is 41.3. The number of hydrogen-bond donors (Lipinski definition) is 3. The summed E-state index contributed by atoms with van der Waals surface area (Å²) in [6.07, 6.45) is 8.30. The van der Waals surface area contributed by atoms with Gasteiger partial charge in [-0.2, -0.15) is 0 Å². The Hall–Kier alpha value is -8.38. The summed E-state index contributed by atoms with van der Waals surface area (Å²) in [5.41, 5.74) is -1.18. The van der Waals surface area contributed by atoms with Gasteiger partial charge in [-0.3, -0.25) is 14.4 Å². The molecule has 0 fully saturated rings. The van der Waals surface area contributed by atoms with Crippen molar-refractivity contribution in [2.24, 2.45) is 0 Å². The fourth-order valence-electron chi connectivity index (χ4n) is 9.61. The number of ether oxygens (including phenoxy) is 5. The first-order valence-electron chi connectivity index (χ1n) is 29.6. The SMILES string of the molecule is CCCCCCCCOc1ccc(C(=O)c2ccccc2OCC(O)Cn2c(=O)n(CC(O)COc3cc(C)ccc3C(=O)c3ccccc3)c(=O)n(CC(O)COc3cc(OCCCCCCCC)ccc3C(=O)c3ccccc3)c2=O)cc1. The van der Waals surface area contributed by atoms with E-state index in [0.29, 0.717) is 55.1 Å². The number of carbonyl (C=O) groups excluding carboxylic acids is 3. The smallest absolute Gasteiger partial charge is 0.336 e. The number of benzene rings is 6. The van der Waals surface area contributed by atoms with Crippen molar-refractivity contribution in [2.75, 3.05) is 33.0 Å². The maximum atomic E-state index is 14.4. The Bertz CT molecular complexity index is 3450. The van der Waals surface area contributed by atoms with Crippen LogP contribution in [0, 0.1) is 6.92 Å². The van der Waals surface area contributed by atoms with E-state index in [0.717, 1.165) is 56.9 Å². The monoisotopic (exact) mass is 1160 g/mol. The van der Waals surface area contributed by atoms with Crippen LogP contribution in [0.5, 0.6) is 28.7 Å². The zero-order chi connectivity index (χ0) is 60.5. The van der Waals surface area contributed by atoms with E-state index in [2.05, 4.69) is 13.8 Å². The number of aliphatic hydroxyl groups is 3. The van der Waals surface area contributed by atoms with E-state index >= 15 is 0 Å². The van der Waals surface area contributed by atoms with Gasteiger partial charge in [-0.1, -0.05) is 157 Å². The molecule has 6 aromatic carbocycles. The Morgan fingerprint density at radius 1 is 0.388 bits per heavy atom. The molecule has 0 spiro atoms. The molecule has 3 atom stereocenters. The lowest BCUT2D eigenvalue weighted by Crippen LogP contribution is -2.57. The van der Waals surface area contributed by atoms with Crippen LogP contribution >= 0.6 is 0 Å². The predicted octanol–water partition coefficient (Wildman–Crippen LogP) is 9.97. The third kappa shape index (κ3) is 18.8. The summed E-state index contributed by atoms with van der Waals surface area (Å²) in [5, 5.41) is 34.6. The number of para-hydroxylation sites is 1. The van der Waals surface area contributed by atoms with Crippen molar-refractivity contribution in [3.63, 3.8) is 0 Å². The van der Waals surface area contributed by atoms with Gasteiger partial charge in [-0.25, -0.2) is 28.1 Å². The Labute approximate surface area is 496 Å². The number of aliphatic hydroxyl groups excluding tert-OH is 3. The molecule has 0 aliphatic rings. The predicted molar refractivity (Wildman–Crippen MR) is 325 cm³/mol. The molecule has 450 valence electrons. The number of nitrogens with zero attached hydrogens (tertiary/aromatic N) is 3. The molecular formula is C68H79N3O14. The number of unbranched alkanes of at least 4 members (excludes halogenated alkanes) is 10. The van der Waals surface area contributed by atoms with Gasteiger partial charge in [0.15, 0.2) is 17.3 Å².